The molecular formula is C53H50Br4O. The molecule has 5 heteroatoms. The van der Waals surface area contributed by atoms with Gasteiger partial charge in [0, 0.05) is 29.7 Å². The molecule has 6 aliphatic carbocycles. The van der Waals surface area contributed by atoms with Crippen LogP contribution in [0.5, 0.6) is 0 Å². The molecule has 6 aliphatic rings. The van der Waals surface area contributed by atoms with Crippen molar-refractivity contribution in [3.63, 3.8) is 0 Å². The zero-order valence-electron chi connectivity index (χ0n) is 32.7. The van der Waals surface area contributed by atoms with Crippen LogP contribution in [-0.4, -0.2) is 5.78 Å². The van der Waals surface area contributed by atoms with Crippen LogP contribution in [0, 0.1) is 59.2 Å². The van der Waals surface area contributed by atoms with Crippen LogP contribution in [0.15, 0.2) is 145 Å². The molecule has 6 fully saturated rings. The average molecular weight is 1020 g/mol. The fourth-order valence-electron chi connectivity index (χ4n) is 15.6. The molecule has 0 radical (unpaired) electrons. The van der Waals surface area contributed by atoms with E-state index in [-0.39, 0.29) is 11.8 Å². The largest absolute Gasteiger partial charge is 0.298 e. The Balaban J connectivity index is 1.13. The first-order chi connectivity index (χ1) is 28.4. The van der Waals surface area contributed by atoms with Crippen molar-refractivity contribution in [1.29, 1.82) is 0 Å². The Bertz CT molecular complexity index is 2340. The summed E-state index contributed by atoms with van der Waals surface area (Å²) in [5.41, 5.74) is 7.01. The SMILES string of the molecule is O=C1C(c2cccc(Br)c2)C2C3CCCC4C5C(c6cccc(Br)c6)CC(c6ccccc6)C(c6cccc(Br)c6)C5C5CCCC(C2C1c1cccc(Br)c1)C5C43. The van der Waals surface area contributed by atoms with E-state index in [2.05, 4.69) is 191 Å². The Morgan fingerprint density at radius 2 is 0.793 bits per heavy atom. The number of hydrogen-bond donors (Lipinski definition) is 0. The molecule has 0 spiro atoms. The maximum absolute atomic E-state index is 15.6. The number of carbonyl (C=O) groups is 1. The predicted molar refractivity (Wildman–Crippen MR) is 249 cm³/mol. The van der Waals surface area contributed by atoms with Crippen LogP contribution in [0.1, 0.15) is 102 Å². The molecule has 6 saturated carbocycles. The summed E-state index contributed by atoms with van der Waals surface area (Å²) in [5, 5.41) is 0. The summed E-state index contributed by atoms with van der Waals surface area (Å²) >= 11 is 15.6. The molecule has 15 atom stereocenters. The minimum atomic E-state index is -0.0620. The van der Waals surface area contributed by atoms with E-state index in [9.17, 15) is 0 Å². The number of rotatable bonds is 5. The second kappa shape index (κ2) is 15.5. The first-order valence-corrected chi connectivity index (χ1v) is 25.1. The van der Waals surface area contributed by atoms with Gasteiger partial charge in [-0.1, -0.05) is 155 Å². The summed E-state index contributed by atoms with van der Waals surface area (Å²) in [5.74, 6) is 7.38. The Morgan fingerprint density at radius 3 is 1.31 bits per heavy atom. The lowest BCUT2D eigenvalue weighted by atomic mass is 9.35. The Labute approximate surface area is 378 Å². The van der Waals surface area contributed by atoms with Gasteiger partial charge in [0.2, 0.25) is 0 Å². The molecule has 296 valence electrons. The molecule has 0 aliphatic heterocycles. The molecule has 5 aromatic rings. The number of benzene rings is 5. The smallest absolute Gasteiger partial charge is 0.148 e. The van der Waals surface area contributed by atoms with Gasteiger partial charge in [-0.05, 0) is 185 Å². The standard InChI is InChI=1S/C53H50Br4O/c54-34-16-4-12-30(24-34)43-28-42(29-10-2-1-3-11-29)44(31-13-5-17-35(55)25-31)50-39-21-9-23-41-48(39)47-38(49(43)50)20-8-22-40(47)51-45(32-14-6-18-36(56)26-32)53(58)46(52(41)51)33-15-7-19-37(57)27-33/h1-7,10-19,24-27,38-52H,8-9,20-23,28H2. The summed E-state index contributed by atoms with van der Waals surface area (Å²) in [6.45, 7) is 0. The number of fused-ring (bicyclic) bond motifs is 6. The molecule has 15 unspecified atom stereocenters. The van der Waals surface area contributed by atoms with Crippen LogP contribution >= 0.6 is 63.7 Å². The number of hydrogen-bond acceptors (Lipinski definition) is 1. The monoisotopic (exact) mass is 1020 g/mol. The molecule has 5 aromatic carbocycles. The van der Waals surface area contributed by atoms with Crippen molar-refractivity contribution in [2.45, 2.75) is 74.5 Å². The van der Waals surface area contributed by atoms with Crippen LogP contribution in [-0.2, 0) is 4.79 Å². The molecule has 0 bridgehead atoms. The lowest BCUT2D eigenvalue weighted by Gasteiger charge is -2.69. The zero-order chi connectivity index (χ0) is 39.2. The predicted octanol–water partition coefficient (Wildman–Crippen LogP) is 15.5. The van der Waals surface area contributed by atoms with Crippen molar-refractivity contribution in [2.24, 2.45) is 59.2 Å². The van der Waals surface area contributed by atoms with Gasteiger partial charge >= 0.3 is 0 Å². The average Bonchev–Trinajstić information content (AvgIpc) is 3.55. The van der Waals surface area contributed by atoms with E-state index in [0.717, 1.165) is 8.95 Å². The van der Waals surface area contributed by atoms with Gasteiger partial charge in [-0.3, -0.25) is 4.79 Å². The maximum atomic E-state index is 15.6. The van der Waals surface area contributed by atoms with Crippen molar-refractivity contribution in [1.82, 2.24) is 0 Å². The normalized spacial score (nSPS) is 37.4. The van der Waals surface area contributed by atoms with Crippen molar-refractivity contribution in [2.75, 3.05) is 0 Å². The molecule has 58 heavy (non-hydrogen) atoms. The van der Waals surface area contributed by atoms with Gasteiger partial charge < -0.3 is 0 Å². The van der Waals surface area contributed by atoms with Gasteiger partial charge in [-0.25, -0.2) is 0 Å². The maximum Gasteiger partial charge on any atom is 0.148 e. The van der Waals surface area contributed by atoms with Gasteiger partial charge in [0.05, 0.1) is 0 Å². The summed E-state index contributed by atoms with van der Waals surface area (Å²) in [4.78, 5) is 15.6. The van der Waals surface area contributed by atoms with Gasteiger partial charge in [0.25, 0.3) is 0 Å². The minimum Gasteiger partial charge on any atom is -0.298 e. The second-order valence-corrected chi connectivity index (χ2v) is 22.6. The Morgan fingerprint density at radius 1 is 0.379 bits per heavy atom. The third-order valence-corrected chi connectivity index (χ3v) is 18.8. The first kappa shape index (κ1) is 38.6. The second-order valence-electron chi connectivity index (χ2n) is 18.9. The van der Waals surface area contributed by atoms with Gasteiger partial charge in [-0.15, -0.1) is 0 Å². The fourth-order valence-corrected chi connectivity index (χ4v) is 17.2. The van der Waals surface area contributed by atoms with Crippen molar-refractivity contribution in [3.8, 4) is 0 Å². The first-order valence-electron chi connectivity index (χ1n) is 22.0. The highest BCUT2D eigenvalue weighted by atomic mass is 79.9. The van der Waals surface area contributed by atoms with E-state index in [1.807, 2.05) is 0 Å². The van der Waals surface area contributed by atoms with Gasteiger partial charge in [0.15, 0.2) is 0 Å². The summed E-state index contributed by atoms with van der Waals surface area (Å²) < 4.78 is 4.55. The molecular weight excluding hydrogens is 972 g/mol. The minimum absolute atomic E-state index is 0.0570. The molecule has 0 heterocycles. The van der Waals surface area contributed by atoms with Gasteiger partial charge in [-0.2, -0.15) is 0 Å². The lowest BCUT2D eigenvalue weighted by Crippen LogP contribution is -2.63. The van der Waals surface area contributed by atoms with Crippen LogP contribution in [0.3, 0.4) is 0 Å². The van der Waals surface area contributed by atoms with E-state index in [1.165, 1.54) is 81.7 Å². The van der Waals surface area contributed by atoms with E-state index in [1.54, 1.807) is 0 Å². The third kappa shape index (κ3) is 6.31. The van der Waals surface area contributed by atoms with Crippen molar-refractivity contribution in [3.05, 3.63) is 173 Å². The zero-order valence-corrected chi connectivity index (χ0v) is 39.0. The third-order valence-electron chi connectivity index (χ3n) is 16.8. The van der Waals surface area contributed by atoms with Gasteiger partial charge in [0.1, 0.15) is 5.78 Å². The highest BCUT2D eigenvalue weighted by Gasteiger charge is 2.69. The fraction of sp³-hybridized carbons (Fsp3) is 0.415. The molecule has 0 amide bonds. The number of Topliss-reactive ketones (excluding diaryl/α,β-unsaturated/α-hetero) is 1. The van der Waals surface area contributed by atoms with E-state index < -0.39 is 0 Å². The number of halogens is 4. The number of carbonyl (C=O) groups excluding carboxylic acids is 1. The van der Waals surface area contributed by atoms with E-state index >= 15 is 4.79 Å². The van der Waals surface area contributed by atoms with Crippen LogP contribution in [0.25, 0.3) is 0 Å². The molecule has 11 rings (SSSR count). The quantitative estimate of drug-likeness (QED) is 0.171. The Hall–Kier alpha value is -2.31. The molecule has 0 aromatic heterocycles. The van der Waals surface area contributed by atoms with Crippen molar-refractivity contribution < 1.29 is 4.79 Å². The van der Waals surface area contributed by atoms with Crippen molar-refractivity contribution >= 4 is 69.5 Å². The van der Waals surface area contributed by atoms with E-state index in [4.69, 9.17) is 0 Å². The summed E-state index contributed by atoms with van der Waals surface area (Å²) in [6, 6.07) is 48.2. The highest BCUT2D eigenvalue weighted by molar-refractivity contribution is 9.11. The Kier molecular flexibility index (Phi) is 10.3. The molecule has 0 saturated heterocycles. The molecule has 1 nitrogen and oxygen atoms in total. The lowest BCUT2D eigenvalue weighted by molar-refractivity contribution is -0.188. The van der Waals surface area contributed by atoms with Crippen LogP contribution in [0.2, 0.25) is 0 Å². The van der Waals surface area contributed by atoms with E-state index in [0.29, 0.717) is 82.7 Å². The van der Waals surface area contributed by atoms with Crippen LogP contribution < -0.4 is 0 Å². The topological polar surface area (TPSA) is 17.1 Å². The van der Waals surface area contributed by atoms with Crippen LogP contribution in [0.4, 0.5) is 0 Å². The molecule has 0 N–H and O–H groups in total. The number of ketones is 1. The summed E-state index contributed by atoms with van der Waals surface area (Å²) in [6.07, 6.45) is 8.88. The highest BCUT2D eigenvalue weighted by Crippen LogP contribution is 2.75. The summed E-state index contributed by atoms with van der Waals surface area (Å²) in [7, 11) is 0.